The van der Waals surface area contributed by atoms with E-state index < -0.39 is 22.6 Å². The average molecular weight is 1640 g/mol. The van der Waals surface area contributed by atoms with Gasteiger partial charge in [0.2, 0.25) is 0 Å². The fourth-order valence-electron chi connectivity index (χ4n) is 12.7. The van der Waals surface area contributed by atoms with E-state index in [4.69, 9.17) is 42.7 Å². The summed E-state index contributed by atoms with van der Waals surface area (Å²) in [5.41, 5.74) is 3.02. The molecule has 0 saturated carbocycles. The van der Waals surface area contributed by atoms with E-state index in [-0.39, 0.29) is 105 Å². The summed E-state index contributed by atoms with van der Waals surface area (Å²) < 4.78 is 38.7. The van der Waals surface area contributed by atoms with Gasteiger partial charge in [-0.25, -0.2) is 0 Å². The number of carbonyl (C=O) groups excluding carboxylic acids is 6. The van der Waals surface area contributed by atoms with Crippen molar-refractivity contribution in [3.8, 4) is 0 Å². The van der Waals surface area contributed by atoms with Gasteiger partial charge >= 0.3 is 35.8 Å². The fourth-order valence-corrected chi connectivity index (χ4v) is 14.8. The third-order valence-electron chi connectivity index (χ3n) is 21.8. The molecule has 3 aromatic rings. The van der Waals surface area contributed by atoms with Gasteiger partial charge in [-0.15, -0.1) is 0 Å². The lowest BCUT2D eigenvalue weighted by Gasteiger charge is -2.42. The van der Waals surface area contributed by atoms with Gasteiger partial charge in [0.25, 0.3) is 0 Å². The maximum atomic E-state index is 12.4. The van der Waals surface area contributed by atoms with E-state index >= 15 is 0 Å². The lowest BCUT2D eigenvalue weighted by Crippen LogP contribution is -2.56. The minimum atomic E-state index is -1.80. The van der Waals surface area contributed by atoms with Crippen LogP contribution in [0.3, 0.4) is 0 Å². The van der Waals surface area contributed by atoms with Crippen molar-refractivity contribution in [2.75, 3.05) is 226 Å². The molecule has 0 radical (unpaired) electrons. The third-order valence-corrected chi connectivity index (χ3v) is 30.8. The van der Waals surface area contributed by atoms with Crippen LogP contribution in [0.15, 0.2) is 91.0 Å². The van der Waals surface area contributed by atoms with Crippen LogP contribution in [0.25, 0.3) is 0 Å². The van der Waals surface area contributed by atoms with Crippen molar-refractivity contribution < 1.29 is 76.3 Å². The van der Waals surface area contributed by atoms with Crippen LogP contribution in [-0.4, -0.2) is 380 Å². The van der Waals surface area contributed by atoms with Crippen molar-refractivity contribution >= 4 is 58.2 Å². The lowest BCUT2D eigenvalue weighted by molar-refractivity contribution is -0.150. The Morgan fingerprint density at radius 1 is 0.404 bits per heavy atom. The number of Topliss-reactive ketones (excluding diaryl/α,β-unsaturated/α-hetero) is 1. The van der Waals surface area contributed by atoms with Crippen molar-refractivity contribution in [3.63, 3.8) is 0 Å². The minimum Gasteiger partial charge on any atom is -0.480 e. The molecule has 6 fully saturated rings. The number of carbonyl (C=O) groups is 7. The second-order valence-electron chi connectivity index (χ2n) is 34.0. The van der Waals surface area contributed by atoms with Gasteiger partial charge in [0.1, 0.15) is 33.0 Å². The van der Waals surface area contributed by atoms with Crippen LogP contribution in [0.1, 0.15) is 86.4 Å². The number of rotatable bonds is 27. The maximum absolute atomic E-state index is 12.4. The highest BCUT2D eigenvalue weighted by Gasteiger charge is 2.40. The quantitative estimate of drug-likeness (QED) is 0.0391. The Bertz CT molecular complexity index is 3240. The molecule has 6 unspecified atom stereocenters. The number of ketones is 1. The first kappa shape index (κ1) is 102. The molecule has 0 bridgehead atoms. The number of carboxylic acid groups (broad SMARTS) is 1. The number of hydrogen-bond acceptors (Lipinski definition) is 27. The molecule has 6 aliphatic heterocycles. The van der Waals surface area contributed by atoms with E-state index in [1.165, 1.54) is 20.8 Å². The Morgan fingerprint density at radius 3 is 1.04 bits per heavy atom. The first-order chi connectivity index (χ1) is 53.2. The number of piperazine rings is 6. The van der Waals surface area contributed by atoms with Crippen molar-refractivity contribution in [2.45, 2.75) is 162 Å². The molecule has 4 N–H and O–H groups in total. The normalized spacial score (nSPS) is 21.5. The fraction of sp³-hybridized carbons (Fsp3) is 0.702. The Hall–Kier alpha value is -6.02. The molecule has 0 spiro atoms. The topological polar surface area (TPSA) is 281 Å². The minimum absolute atomic E-state index is 0. The molecule has 28 nitrogen and oxygen atoms in total. The highest BCUT2D eigenvalue weighted by atomic mass is 28.4. The Balaban J connectivity index is 0.000000362. The number of aliphatic hydroxyl groups excluding tert-OH is 1. The second-order valence-corrected chi connectivity index (χ2v) is 43.6. The molecule has 0 aromatic heterocycles. The predicted molar refractivity (Wildman–Crippen MR) is 455 cm³/mol. The maximum Gasteiger partial charge on any atom is 0.320 e. The molecule has 0 amide bonds. The van der Waals surface area contributed by atoms with E-state index in [9.17, 15) is 33.6 Å². The van der Waals surface area contributed by atoms with Crippen LogP contribution in [-0.2, 0) is 85.7 Å². The summed E-state index contributed by atoms with van der Waals surface area (Å²) in [5.74, 6) is -1.98. The number of aliphatic hydroxyl groups is 1. The summed E-state index contributed by atoms with van der Waals surface area (Å²) in [6.45, 7) is 47.6. The molecule has 114 heavy (non-hydrogen) atoms. The predicted octanol–water partition coefficient (Wildman–Crippen LogP) is 5.93. The van der Waals surface area contributed by atoms with Crippen molar-refractivity contribution in [1.29, 1.82) is 0 Å². The smallest absolute Gasteiger partial charge is 0.320 e. The average Bonchev–Trinajstić information content (AvgIpc) is 0.623. The number of likely N-dealkylation sites (N-methyl/N-ethyl adjacent to an activating group) is 6. The van der Waals surface area contributed by atoms with Crippen LogP contribution in [0.2, 0.25) is 36.3 Å². The molecule has 648 valence electrons. The van der Waals surface area contributed by atoms with Crippen molar-refractivity contribution in [3.05, 3.63) is 108 Å². The van der Waals surface area contributed by atoms with Crippen LogP contribution in [0.5, 0.6) is 0 Å². The van der Waals surface area contributed by atoms with Crippen LogP contribution < -0.4 is 10.6 Å². The number of aliphatic carboxylic acids is 1. The largest absolute Gasteiger partial charge is 0.480 e. The van der Waals surface area contributed by atoms with Crippen molar-refractivity contribution in [2.24, 2.45) is 0 Å². The first-order valence-electron chi connectivity index (χ1n) is 40.2. The van der Waals surface area contributed by atoms with E-state index in [1.807, 2.05) is 122 Å². The molecule has 30 heteroatoms. The monoisotopic (exact) mass is 1640 g/mol. The lowest BCUT2D eigenvalue weighted by atomic mass is 10.1. The summed E-state index contributed by atoms with van der Waals surface area (Å²) in [6.07, 6.45) is 0.452. The number of nitrogens with zero attached hydrogens (tertiary/aromatic N) is 10. The number of benzene rings is 3. The first-order valence-corrected chi connectivity index (χ1v) is 46.0. The summed E-state index contributed by atoms with van der Waals surface area (Å²) in [5, 5.41) is 24.7. The SMILES string of the molecule is C.CC(=O)OCC1CN(C)CCN1CC(=O)Cc1ccccc1.CC(=O)OCC1CN(C)CCN1CC(=O)O.CC(=O)OCC1CN(C)CCN1CC(=O)OCc1ccccc1.CN1CCN(CC(=O)OCc2ccccc2)C(CO[Si](C)(C)C(C)(C)C)C1.CN1CCNC(CO)C1.CN1CCNC(CO[Si](C)(C)C(C)(C)C)C1. The standard InChI is InChI=1S/C21H36N2O3Si.C17H24N2O4.C17H24N2O3.C12H28N2OSi.C10H18N2O4.C6H14N2O.CH4/c1-21(2,3)27(5,6)26-17-19-14-22(4)12-13-23(19)15-20(24)25-16-18-10-8-7-9-11-18;1-14(20)22-13-16-10-18(2)8-9-19(16)11-17(21)23-12-15-6-4-3-5-7-15;1-14(20)22-13-16-11-18(2)8-9-19(16)12-17(21)10-15-6-4-3-5-7-15;1-12(2,3)16(5,6)15-10-11-9-14(4)8-7-13-11;1-8(13)16-7-9-5-11(2)3-4-12(9)6-10(14)15;1-8-3-2-7-6(4-8)5-9;/h7-11,19H,12-17H2,1-6H3;3-7,16H,8-13H2,1-2H3;3-7,16H,8-13H2,1-2H3;11,13H,7-10H2,1-6H3;9H,3-7H2,1-2H3,(H,14,15);6-7,9H,2-5H2,1H3;1H4. The zero-order valence-electron chi connectivity index (χ0n) is 72.1. The van der Waals surface area contributed by atoms with Gasteiger partial charge in [0, 0.05) is 163 Å². The Morgan fingerprint density at radius 2 is 0.711 bits per heavy atom. The summed E-state index contributed by atoms with van der Waals surface area (Å²) in [6, 6.07) is 30.3. The zero-order valence-corrected chi connectivity index (χ0v) is 74.1. The van der Waals surface area contributed by atoms with E-state index in [0.717, 1.165) is 135 Å². The third kappa shape index (κ3) is 41.9. The van der Waals surface area contributed by atoms with Gasteiger partial charge in [-0.1, -0.05) is 140 Å². The second kappa shape index (κ2) is 52.7. The summed E-state index contributed by atoms with van der Waals surface area (Å²) in [4.78, 5) is 102. The Labute approximate surface area is 686 Å². The van der Waals surface area contributed by atoms with Gasteiger partial charge < -0.3 is 82.8 Å². The summed E-state index contributed by atoms with van der Waals surface area (Å²) >= 11 is 0. The number of nitrogens with one attached hydrogen (secondary N) is 2. The van der Waals surface area contributed by atoms with E-state index in [0.29, 0.717) is 69.6 Å². The zero-order chi connectivity index (χ0) is 83.9. The van der Waals surface area contributed by atoms with Gasteiger partial charge in [-0.2, -0.15) is 0 Å². The highest BCUT2D eigenvalue weighted by molar-refractivity contribution is 6.74. The molecular formula is C84H148N12O16Si2. The van der Waals surface area contributed by atoms with Crippen LogP contribution in [0, 0.1) is 0 Å². The number of hydrogen-bond donors (Lipinski definition) is 4. The highest BCUT2D eigenvalue weighted by Crippen LogP contribution is 2.38. The molecule has 6 aliphatic rings. The molecule has 3 aromatic carbocycles. The number of carboxylic acids is 1. The Kier molecular flexibility index (Phi) is 47.2. The molecule has 6 saturated heterocycles. The number of esters is 5. The van der Waals surface area contributed by atoms with Gasteiger partial charge in [0.15, 0.2) is 22.4 Å². The van der Waals surface area contributed by atoms with Gasteiger partial charge in [0.05, 0.1) is 64.1 Å². The van der Waals surface area contributed by atoms with Crippen LogP contribution >= 0.6 is 0 Å². The van der Waals surface area contributed by atoms with E-state index in [2.05, 4.69) is 139 Å². The molecule has 6 heterocycles. The molecule has 9 rings (SSSR count). The molecular weight excluding hydrogens is 1490 g/mol. The molecule has 0 aliphatic carbocycles. The van der Waals surface area contributed by atoms with Gasteiger partial charge in [-0.3, -0.25) is 53.2 Å². The number of ether oxygens (including phenoxy) is 5. The van der Waals surface area contributed by atoms with Crippen molar-refractivity contribution in [1.82, 2.24) is 59.6 Å². The van der Waals surface area contributed by atoms with E-state index in [1.54, 1.807) is 0 Å². The molecule has 6 atom stereocenters. The van der Waals surface area contributed by atoms with Gasteiger partial charge in [-0.05, 0) is 95.2 Å². The summed E-state index contributed by atoms with van der Waals surface area (Å²) in [7, 11) is 9.05. The van der Waals surface area contributed by atoms with Crippen LogP contribution in [0.4, 0.5) is 0 Å².